The largest absolute Gasteiger partial charge is 0.330 e. The topological polar surface area (TPSA) is 96.7 Å². The summed E-state index contributed by atoms with van der Waals surface area (Å²) in [4.78, 5) is 20.2. The van der Waals surface area contributed by atoms with Crippen molar-refractivity contribution >= 4 is 27.3 Å². The number of anilines is 1. The minimum absolute atomic E-state index is 0.200. The zero-order valence-electron chi connectivity index (χ0n) is 19.1. The Hall–Kier alpha value is -2.94. The Morgan fingerprint density at radius 3 is 2.66 bits per heavy atom. The zero-order chi connectivity index (χ0) is 23.2. The van der Waals surface area contributed by atoms with Gasteiger partial charge in [0.25, 0.3) is 5.91 Å². The van der Waals surface area contributed by atoms with Crippen molar-refractivity contribution in [3.05, 3.63) is 58.5 Å². The minimum Gasteiger partial charge on any atom is -0.330 e. The Morgan fingerprint density at radius 1 is 1.19 bits per heavy atom. The Morgan fingerprint density at radius 2 is 1.94 bits per heavy atom. The first kappa shape index (κ1) is 22.3. The van der Waals surface area contributed by atoms with Crippen molar-refractivity contribution in [3.63, 3.8) is 0 Å². The van der Waals surface area contributed by atoms with Crippen LogP contribution in [0.2, 0.25) is 0 Å². The Balaban J connectivity index is 1.77. The number of aryl methyl sites for hydroxylation is 3. The molecule has 1 aliphatic heterocycles. The second kappa shape index (κ2) is 8.20. The Bertz CT molecular complexity index is 1260. The van der Waals surface area contributed by atoms with Gasteiger partial charge in [0.1, 0.15) is 0 Å². The number of benzene rings is 1. The van der Waals surface area contributed by atoms with E-state index in [1.54, 1.807) is 22.7 Å². The van der Waals surface area contributed by atoms with E-state index in [0.717, 1.165) is 47.3 Å². The van der Waals surface area contributed by atoms with E-state index in [-0.39, 0.29) is 17.9 Å². The predicted molar refractivity (Wildman–Crippen MR) is 124 cm³/mol. The van der Waals surface area contributed by atoms with E-state index in [1.807, 2.05) is 37.9 Å². The van der Waals surface area contributed by atoms with Crippen LogP contribution in [0.25, 0.3) is 5.65 Å². The first-order valence-corrected chi connectivity index (χ1v) is 12.7. The molecule has 1 aliphatic rings. The molecular weight excluding hydrogens is 426 g/mol. The molecule has 2 atom stereocenters. The molecule has 0 spiro atoms. The number of aromatic nitrogens is 3. The third-order valence-corrected chi connectivity index (χ3v) is 6.69. The van der Waals surface area contributed by atoms with Crippen LogP contribution in [0, 0.1) is 26.7 Å². The minimum atomic E-state index is -3.52. The van der Waals surface area contributed by atoms with Crippen LogP contribution in [0.4, 0.5) is 5.69 Å². The van der Waals surface area contributed by atoms with Gasteiger partial charge >= 0.3 is 0 Å². The Labute approximate surface area is 188 Å². The van der Waals surface area contributed by atoms with E-state index in [1.165, 1.54) is 0 Å². The molecule has 0 radical (unpaired) electrons. The molecule has 1 N–H and O–H groups in total. The van der Waals surface area contributed by atoms with E-state index >= 15 is 0 Å². The summed E-state index contributed by atoms with van der Waals surface area (Å²) in [5, 5.41) is 4.76. The van der Waals surface area contributed by atoms with Gasteiger partial charge in [-0.2, -0.15) is 5.10 Å². The average Bonchev–Trinajstić information content (AvgIpc) is 3.10. The number of sulfonamides is 1. The van der Waals surface area contributed by atoms with Crippen LogP contribution in [0.1, 0.15) is 58.7 Å². The van der Waals surface area contributed by atoms with Gasteiger partial charge in [0, 0.05) is 24.5 Å². The molecule has 3 heterocycles. The highest BCUT2D eigenvalue weighted by Crippen LogP contribution is 2.37. The fourth-order valence-electron chi connectivity index (χ4n) is 4.41. The number of amides is 1. The number of piperidine rings is 1. The molecule has 4 rings (SSSR count). The molecular formula is C23H29N5O3S. The van der Waals surface area contributed by atoms with Gasteiger partial charge in [0.05, 0.1) is 29.2 Å². The maximum absolute atomic E-state index is 13.8. The van der Waals surface area contributed by atoms with Crippen LogP contribution in [0.3, 0.4) is 0 Å². The molecule has 0 saturated carbocycles. The highest BCUT2D eigenvalue weighted by atomic mass is 32.2. The number of carbonyl (C=O) groups excluding carboxylic acids is 1. The third kappa shape index (κ3) is 4.34. The lowest BCUT2D eigenvalue weighted by Gasteiger charge is -2.39. The third-order valence-electron chi connectivity index (χ3n) is 6.10. The van der Waals surface area contributed by atoms with Gasteiger partial charge in [-0.1, -0.05) is 18.6 Å². The SMILES string of the molecule is Cc1ccc(NS(C)(=O)=O)c(C(=O)N2CCC[C@@H](C)C2c2cc3nc(C)c(C)cn3n2)c1. The van der Waals surface area contributed by atoms with Crippen LogP contribution >= 0.6 is 0 Å². The van der Waals surface area contributed by atoms with Gasteiger partial charge in [-0.3, -0.25) is 9.52 Å². The fraction of sp³-hybridized carbons (Fsp3) is 0.435. The summed E-state index contributed by atoms with van der Waals surface area (Å²) in [7, 11) is -3.52. The molecule has 1 saturated heterocycles. The van der Waals surface area contributed by atoms with Crippen molar-refractivity contribution < 1.29 is 13.2 Å². The summed E-state index contributed by atoms with van der Waals surface area (Å²) in [6, 6.07) is 6.91. The molecule has 0 aliphatic carbocycles. The lowest BCUT2D eigenvalue weighted by molar-refractivity contribution is 0.0505. The molecule has 32 heavy (non-hydrogen) atoms. The number of carbonyl (C=O) groups is 1. The highest BCUT2D eigenvalue weighted by molar-refractivity contribution is 7.92. The molecule has 170 valence electrons. The zero-order valence-corrected chi connectivity index (χ0v) is 19.9. The average molecular weight is 456 g/mol. The summed E-state index contributed by atoms with van der Waals surface area (Å²) in [5.41, 5.74) is 5.08. The fourth-order valence-corrected chi connectivity index (χ4v) is 4.99. The van der Waals surface area contributed by atoms with Crippen molar-refractivity contribution in [1.82, 2.24) is 19.5 Å². The molecule has 2 aromatic heterocycles. The van der Waals surface area contributed by atoms with E-state index < -0.39 is 10.0 Å². The van der Waals surface area contributed by atoms with Gasteiger partial charge in [-0.25, -0.2) is 17.9 Å². The number of nitrogens with one attached hydrogen (secondary N) is 1. The number of fused-ring (bicyclic) bond motifs is 1. The predicted octanol–water partition coefficient (Wildman–Crippen LogP) is 3.64. The van der Waals surface area contributed by atoms with E-state index in [0.29, 0.717) is 17.8 Å². The smallest absolute Gasteiger partial charge is 0.256 e. The molecule has 0 bridgehead atoms. The maximum atomic E-state index is 13.8. The summed E-state index contributed by atoms with van der Waals surface area (Å²) in [5.74, 6) is 0.00436. The summed E-state index contributed by atoms with van der Waals surface area (Å²) in [6.07, 6.45) is 4.90. The summed E-state index contributed by atoms with van der Waals surface area (Å²) >= 11 is 0. The molecule has 3 aromatic rings. The molecule has 8 nitrogen and oxygen atoms in total. The number of hydrogen-bond donors (Lipinski definition) is 1. The van der Waals surface area contributed by atoms with Crippen LogP contribution in [-0.2, 0) is 10.0 Å². The second-order valence-electron chi connectivity index (χ2n) is 8.87. The standard InChI is InChI=1S/C23H29N5O3S/c1-14-8-9-19(26-32(5,30)31)18(11-14)23(29)27-10-6-7-15(2)22(27)20-12-21-24-17(4)16(3)13-28(21)25-20/h8-9,11-13,15,22,26H,6-7,10H2,1-5H3/t15-,22?/m1/s1. The van der Waals surface area contributed by atoms with Gasteiger partial charge in [-0.15, -0.1) is 0 Å². The van der Waals surface area contributed by atoms with Crippen molar-refractivity contribution in [3.8, 4) is 0 Å². The van der Waals surface area contributed by atoms with Crippen molar-refractivity contribution in [2.75, 3.05) is 17.5 Å². The van der Waals surface area contributed by atoms with Crippen LogP contribution in [0.5, 0.6) is 0 Å². The normalized spacial score (nSPS) is 19.3. The monoisotopic (exact) mass is 455 g/mol. The number of nitrogens with zero attached hydrogens (tertiary/aromatic N) is 4. The number of likely N-dealkylation sites (tertiary alicyclic amines) is 1. The molecule has 1 fully saturated rings. The number of hydrogen-bond acceptors (Lipinski definition) is 5. The van der Waals surface area contributed by atoms with Gasteiger partial charge in [-0.05, 0) is 57.2 Å². The maximum Gasteiger partial charge on any atom is 0.256 e. The second-order valence-corrected chi connectivity index (χ2v) is 10.6. The first-order valence-electron chi connectivity index (χ1n) is 10.8. The van der Waals surface area contributed by atoms with Crippen LogP contribution in [0.15, 0.2) is 30.5 Å². The van der Waals surface area contributed by atoms with Gasteiger partial charge in [0.15, 0.2) is 5.65 Å². The van der Waals surface area contributed by atoms with Crippen molar-refractivity contribution in [2.24, 2.45) is 5.92 Å². The Kier molecular flexibility index (Phi) is 5.70. The van der Waals surface area contributed by atoms with E-state index in [2.05, 4.69) is 16.6 Å². The van der Waals surface area contributed by atoms with Gasteiger partial charge in [0.2, 0.25) is 10.0 Å². The first-order chi connectivity index (χ1) is 15.0. The summed E-state index contributed by atoms with van der Waals surface area (Å²) in [6.45, 7) is 8.56. The molecule has 1 aromatic carbocycles. The molecule has 1 amide bonds. The van der Waals surface area contributed by atoms with Crippen LogP contribution in [-0.4, -0.2) is 46.6 Å². The molecule has 9 heteroatoms. The highest BCUT2D eigenvalue weighted by Gasteiger charge is 2.36. The summed E-state index contributed by atoms with van der Waals surface area (Å²) < 4.78 is 28.0. The van der Waals surface area contributed by atoms with E-state index in [9.17, 15) is 13.2 Å². The van der Waals surface area contributed by atoms with Crippen molar-refractivity contribution in [2.45, 2.75) is 46.6 Å². The van der Waals surface area contributed by atoms with E-state index in [4.69, 9.17) is 5.10 Å². The quantitative estimate of drug-likeness (QED) is 0.648. The van der Waals surface area contributed by atoms with Crippen LogP contribution < -0.4 is 4.72 Å². The lowest BCUT2D eigenvalue weighted by atomic mass is 9.88. The number of rotatable bonds is 4. The lowest BCUT2D eigenvalue weighted by Crippen LogP contribution is -2.42. The van der Waals surface area contributed by atoms with Gasteiger partial charge < -0.3 is 4.90 Å². The molecule has 1 unspecified atom stereocenters. The van der Waals surface area contributed by atoms with Crippen molar-refractivity contribution in [1.29, 1.82) is 0 Å².